The Morgan fingerprint density at radius 1 is 1.25 bits per heavy atom. The van der Waals surface area contributed by atoms with E-state index in [1.54, 1.807) is 0 Å². The van der Waals surface area contributed by atoms with E-state index in [2.05, 4.69) is 0 Å². The first kappa shape index (κ1) is 22.4. The van der Waals surface area contributed by atoms with Crippen molar-refractivity contribution in [2.75, 3.05) is 0 Å². The van der Waals surface area contributed by atoms with Crippen LogP contribution in [0.3, 0.4) is 0 Å². The van der Waals surface area contributed by atoms with Gasteiger partial charge in [0.15, 0.2) is 0 Å². The number of phosphoric acid groups is 1. The molecule has 0 aliphatic rings. The minimum atomic E-state index is -4.64. The minimum Gasteiger partial charge on any atom is -1.00 e. The van der Waals surface area contributed by atoms with Crippen LogP contribution in [0.25, 0.3) is 0 Å². The second kappa shape index (κ2) is 9.43. The maximum absolute atomic E-state index is 8.88. The van der Waals surface area contributed by atoms with Crippen LogP contribution < -0.4 is 0 Å². The van der Waals surface area contributed by atoms with Crippen LogP contribution >= 0.6 is 7.82 Å². The fraction of sp³-hybridized carbons (Fsp3) is 0. The molecule has 0 heterocycles. The first-order valence-corrected chi connectivity index (χ1v) is 2.35. The largest absolute Gasteiger partial charge is 2.00 e. The summed E-state index contributed by atoms with van der Waals surface area (Å²) in [6.07, 6.45) is 0. The summed E-state index contributed by atoms with van der Waals surface area (Å²) < 4.78 is 8.88. The van der Waals surface area contributed by atoms with Crippen LogP contribution in [0.15, 0.2) is 0 Å². The van der Waals surface area contributed by atoms with E-state index in [0.29, 0.717) is 0 Å². The zero-order valence-corrected chi connectivity index (χ0v) is 10.9. The van der Waals surface area contributed by atoms with Gasteiger partial charge in [0.25, 0.3) is 0 Å². The second-order valence-corrected chi connectivity index (χ2v) is 1.54. The van der Waals surface area contributed by atoms with Crippen LogP contribution in [-0.4, -0.2) is 71.1 Å². The maximum Gasteiger partial charge on any atom is 2.00 e. The van der Waals surface area contributed by atoms with Gasteiger partial charge in [-0.25, -0.2) is 4.57 Å². The van der Waals surface area contributed by atoms with E-state index < -0.39 is 7.82 Å². The first-order valence-electron chi connectivity index (χ1n) is 0.783. The predicted octanol–water partition coefficient (Wildman–Crippen LogP) is -2.54. The van der Waals surface area contributed by atoms with Gasteiger partial charge in [-0.1, -0.05) is 0 Å². The molecule has 0 aromatic heterocycles. The number of hydrogen-bond donors (Lipinski definition) is 3. The molecule has 0 aromatic carbocycles. The van der Waals surface area contributed by atoms with Crippen molar-refractivity contribution in [2.45, 2.75) is 0 Å². The van der Waals surface area contributed by atoms with Crippen molar-refractivity contribution in [3.63, 3.8) is 0 Å². The number of hydrogen-bond acceptors (Lipinski definition) is 1. The molecule has 0 bridgehead atoms. The van der Waals surface area contributed by atoms with Crippen molar-refractivity contribution >= 4 is 64.3 Å². The molecule has 4 nitrogen and oxygen atoms in total. The van der Waals surface area contributed by atoms with Gasteiger partial charge in [-0.05, 0) is 11.0 Å². The quantitative estimate of drug-likeness (QED) is 0.338. The first-order chi connectivity index (χ1) is 2.00. The molecule has 8 heavy (non-hydrogen) atoms. The summed E-state index contributed by atoms with van der Waals surface area (Å²) in [7, 11) is -4.64. The SMILES string of the molecule is O=P(O)(O)O.[H-].[H-].[SiH4].[Sr+2].[Zn]. The zero-order valence-electron chi connectivity index (χ0n) is 5.61. The molecule has 8 heteroatoms. The second-order valence-electron chi connectivity index (χ2n) is 0.513. The molecule has 0 amide bonds. The predicted molar refractivity (Wildman–Crippen MR) is 33.6 cm³/mol. The van der Waals surface area contributed by atoms with E-state index in [1.807, 2.05) is 0 Å². The molecule has 3 N–H and O–H groups in total. The maximum atomic E-state index is 8.88. The van der Waals surface area contributed by atoms with Crippen LogP contribution in [-0.2, 0) is 24.0 Å². The van der Waals surface area contributed by atoms with E-state index in [9.17, 15) is 0 Å². The fourth-order valence-corrected chi connectivity index (χ4v) is 0. The summed E-state index contributed by atoms with van der Waals surface area (Å²) >= 11 is 0. The van der Waals surface area contributed by atoms with Gasteiger partial charge in [-0.3, -0.25) is 0 Å². The Labute approximate surface area is 104 Å². The van der Waals surface area contributed by atoms with Crippen LogP contribution in [0, 0.1) is 0 Å². The Kier molecular flexibility index (Phi) is 26.4. The summed E-state index contributed by atoms with van der Waals surface area (Å²) in [6, 6.07) is 0. The molecule has 0 aliphatic heterocycles. The van der Waals surface area contributed by atoms with Crippen LogP contribution in [0.2, 0.25) is 0 Å². The minimum absolute atomic E-state index is 0. The van der Waals surface area contributed by atoms with Crippen molar-refractivity contribution in [1.82, 2.24) is 0 Å². The van der Waals surface area contributed by atoms with E-state index in [4.69, 9.17) is 19.2 Å². The van der Waals surface area contributed by atoms with Gasteiger partial charge in [0.1, 0.15) is 0 Å². The van der Waals surface area contributed by atoms with Crippen molar-refractivity contribution < 1.29 is 41.6 Å². The van der Waals surface area contributed by atoms with Crippen molar-refractivity contribution in [1.29, 1.82) is 0 Å². The summed E-state index contributed by atoms with van der Waals surface area (Å²) in [5.41, 5.74) is 0. The molecule has 0 radical (unpaired) electrons. The van der Waals surface area contributed by atoms with Gasteiger partial charge >= 0.3 is 53.3 Å². The summed E-state index contributed by atoms with van der Waals surface area (Å²) in [4.78, 5) is 21.6. The average molecular weight is 285 g/mol. The smallest absolute Gasteiger partial charge is 1.00 e. The zero-order chi connectivity index (χ0) is 4.50. The molecule has 0 atom stereocenters. The molecule has 0 aromatic rings. The van der Waals surface area contributed by atoms with E-state index in [0.717, 1.165) is 0 Å². The van der Waals surface area contributed by atoms with Gasteiger partial charge in [-0.15, -0.1) is 0 Å². The van der Waals surface area contributed by atoms with Crippen molar-refractivity contribution in [3.8, 4) is 0 Å². The van der Waals surface area contributed by atoms with Crippen LogP contribution in [0.4, 0.5) is 0 Å². The number of rotatable bonds is 0. The average Bonchev–Trinajstić information content (AvgIpc) is 0.722. The van der Waals surface area contributed by atoms with E-state index >= 15 is 0 Å². The van der Waals surface area contributed by atoms with Crippen LogP contribution in [0.5, 0.6) is 0 Å². The molecular weight excluding hydrogens is 276 g/mol. The van der Waals surface area contributed by atoms with E-state index in [-0.39, 0.29) is 78.8 Å². The third kappa shape index (κ3) is 78.8. The Hall–Kier alpha value is 2.43. The molecule has 0 saturated carbocycles. The molecular formula is H9O4PSiSrZn. The van der Waals surface area contributed by atoms with Gasteiger partial charge in [0.05, 0.1) is 0 Å². The van der Waals surface area contributed by atoms with Crippen LogP contribution in [0.1, 0.15) is 2.85 Å². The normalized spacial score (nSPS) is 7.38. The van der Waals surface area contributed by atoms with Crippen molar-refractivity contribution in [3.05, 3.63) is 0 Å². The summed E-state index contributed by atoms with van der Waals surface area (Å²) in [5, 5.41) is 0. The van der Waals surface area contributed by atoms with Gasteiger partial charge in [0.2, 0.25) is 0 Å². The molecule has 0 spiro atoms. The van der Waals surface area contributed by atoms with E-state index in [1.165, 1.54) is 0 Å². The third-order valence-corrected chi connectivity index (χ3v) is 0. The standard InChI is InChI=1S/H3O4P.H4Si.Sr.Zn.2H/c1-5(2,3)4;;;;;/h(H3,1,2,3,4);1H4;;;;/q;;+2;;2*-1. The molecule has 46 valence electrons. The van der Waals surface area contributed by atoms with Gasteiger partial charge < -0.3 is 17.5 Å². The fourth-order valence-electron chi connectivity index (χ4n) is 0. The van der Waals surface area contributed by atoms with Gasteiger partial charge in [0, 0.05) is 19.5 Å². The molecule has 0 fully saturated rings. The van der Waals surface area contributed by atoms with Crippen molar-refractivity contribution in [2.24, 2.45) is 0 Å². The molecule has 0 unspecified atom stereocenters. The topological polar surface area (TPSA) is 77.8 Å². The third-order valence-electron chi connectivity index (χ3n) is 0. The Bertz CT molecular complexity index is 69.4. The van der Waals surface area contributed by atoms with Gasteiger partial charge in [-0.2, -0.15) is 0 Å². The Morgan fingerprint density at radius 3 is 1.25 bits per heavy atom. The molecule has 0 rings (SSSR count). The molecule has 0 aliphatic carbocycles. The summed E-state index contributed by atoms with van der Waals surface area (Å²) in [5.74, 6) is 0. The molecule has 0 saturated heterocycles. The monoisotopic (exact) mass is 284 g/mol. The summed E-state index contributed by atoms with van der Waals surface area (Å²) in [6.45, 7) is 0. The Morgan fingerprint density at radius 2 is 1.25 bits per heavy atom. The Balaban J connectivity index is -0.00000000800.